The molecule has 1 atom stereocenters. The van der Waals surface area contributed by atoms with Crippen molar-refractivity contribution in [3.63, 3.8) is 0 Å². The van der Waals surface area contributed by atoms with Gasteiger partial charge in [-0.05, 0) is 12.5 Å². The average molecular weight is 283 g/mol. The van der Waals surface area contributed by atoms with Crippen molar-refractivity contribution in [2.24, 2.45) is 7.05 Å². The fraction of sp³-hybridized carbons (Fsp3) is 0.385. The number of hydrogen-bond donors (Lipinski definition) is 1. The Morgan fingerprint density at radius 2 is 2.26 bits per heavy atom. The highest BCUT2D eigenvalue weighted by atomic mass is 35.5. The number of benzene rings is 1. The van der Waals surface area contributed by atoms with Crippen LogP contribution in [0.4, 0.5) is 4.39 Å². The third-order valence-electron chi connectivity index (χ3n) is 3.08. The van der Waals surface area contributed by atoms with Gasteiger partial charge in [-0.25, -0.2) is 4.39 Å². The summed E-state index contributed by atoms with van der Waals surface area (Å²) in [6, 6.07) is 4.96. The maximum absolute atomic E-state index is 14.0. The molecule has 0 aliphatic carbocycles. The molecule has 0 saturated carbocycles. The predicted octanol–water partition coefficient (Wildman–Crippen LogP) is 2.85. The zero-order valence-electron chi connectivity index (χ0n) is 10.9. The second kappa shape index (κ2) is 6.12. The van der Waals surface area contributed by atoms with E-state index in [2.05, 4.69) is 15.5 Å². The minimum atomic E-state index is -0.360. The van der Waals surface area contributed by atoms with E-state index < -0.39 is 0 Å². The molecule has 0 fully saturated rings. The number of aryl methyl sites for hydroxylation is 1. The summed E-state index contributed by atoms with van der Waals surface area (Å²) in [5.41, 5.74) is 0.581. The third-order valence-corrected chi connectivity index (χ3v) is 3.37. The lowest BCUT2D eigenvalue weighted by Crippen LogP contribution is -2.23. The summed E-state index contributed by atoms with van der Waals surface area (Å²) in [6.45, 7) is 2.52. The number of hydrogen-bond acceptors (Lipinski definition) is 3. The summed E-state index contributed by atoms with van der Waals surface area (Å²) in [5, 5.41) is 11.2. The molecule has 1 heterocycles. The molecule has 1 aromatic heterocycles. The van der Waals surface area contributed by atoms with Gasteiger partial charge < -0.3 is 9.88 Å². The van der Waals surface area contributed by atoms with Crippen molar-refractivity contribution in [1.29, 1.82) is 0 Å². The fourth-order valence-electron chi connectivity index (χ4n) is 1.95. The molecule has 0 spiro atoms. The van der Waals surface area contributed by atoms with Crippen LogP contribution in [0, 0.1) is 5.82 Å². The zero-order valence-corrected chi connectivity index (χ0v) is 11.7. The van der Waals surface area contributed by atoms with Crippen LogP contribution >= 0.6 is 11.6 Å². The van der Waals surface area contributed by atoms with Gasteiger partial charge in [0.1, 0.15) is 18.0 Å². The summed E-state index contributed by atoms with van der Waals surface area (Å²) in [4.78, 5) is 0. The largest absolute Gasteiger partial charge is 0.320 e. The zero-order chi connectivity index (χ0) is 13.8. The topological polar surface area (TPSA) is 42.7 Å². The molecule has 0 amide bonds. The van der Waals surface area contributed by atoms with Gasteiger partial charge >= 0.3 is 0 Å². The van der Waals surface area contributed by atoms with Gasteiger partial charge in [0.05, 0.1) is 11.6 Å². The summed E-state index contributed by atoms with van der Waals surface area (Å²) in [6.07, 6.45) is 2.40. The monoisotopic (exact) mass is 282 g/mol. The van der Waals surface area contributed by atoms with E-state index in [1.54, 1.807) is 24.5 Å². The normalized spacial score (nSPS) is 12.6. The van der Waals surface area contributed by atoms with Gasteiger partial charge in [-0.2, -0.15) is 0 Å². The molecule has 1 N–H and O–H groups in total. The first-order valence-corrected chi connectivity index (χ1v) is 6.51. The lowest BCUT2D eigenvalue weighted by Gasteiger charge is -2.18. The first-order chi connectivity index (χ1) is 9.13. The molecule has 0 bridgehead atoms. The Bertz CT molecular complexity index is 555. The van der Waals surface area contributed by atoms with E-state index in [4.69, 9.17) is 11.6 Å². The average Bonchev–Trinajstić information content (AvgIpc) is 2.80. The minimum Gasteiger partial charge on any atom is -0.320 e. The van der Waals surface area contributed by atoms with Crippen LogP contribution in [-0.4, -0.2) is 14.8 Å². The van der Waals surface area contributed by atoms with Crippen LogP contribution in [0.25, 0.3) is 0 Å². The third kappa shape index (κ3) is 3.11. The predicted molar refractivity (Wildman–Crippen MR) is 72.3 cm³/mol. The highest BCUT2D eigenvalue weighted by Crippen LogP contribution is 2.25. The molecule has 0 aliphatic heterocycles. The van der Waals surface area contributed by atoms with Gasteiger partial charge in [0.25, 0.3) is 0 Å². The maximum atomic E-state index is 14.0. The summed E-state index contributed by atoms with van der Waals surface area (Å²) < 4.78 is 15.8. The molecular weight excluding hydrogens is 267 g/mol. The van der Waals surface area contributed by atoms with Crippen molar-refractivity contribution in [3.8, 4) is 0 Å². The minimum absolute atomic E-state index is 0.101. The number of nitrogens with one attached hydrogen (secondary N) is 1. The second-order valence-corrected chi connectivity index (χ2v) is 4.75. The molecule has 0 radical (unpaired) electrons. The molecule has 6 heteroatoms. The van der Waals surface area contributed by atoms with E-state index >= 15 is 0 Å². The van der Waals surface area contributed by atoms with Gasteiger partial charge in [0.15, 0.2) is 0 Å². The van der Waals surface area contributed by atoms with Gasteiger partial charge in [-0.1, -0.05) is 30.7 Å². The Morgan fingerprint density at radius 1 is 1.47 bits per heavy atom. The lowest BCUT2D eigenvalue weighted by atomic mass is 10.0. The number of rotatable bonds is 5. The Balaban J connectivity index is 2.12. The summed E-state index contributed by atoms with van der Waals surface area (Å²) in [7, 11) is 1.87. The van der Waals surface area contributed by atoms with E-state index in [-0.39, 0.29) is 16.9 Å². The second-order valence-electron chi connectivity index (χ2n) is 4.34. The van der Waals surface area contributed by atoms with E-state index in [0.29, 0.717) is 12.1 Å². The number of nitrogens with zero attached hydrogens (tertiary/aromatic N) is 3. The molecule has 2 aromatic rings. The highest BCUT2D eigenvalue weighted by Gasteiger charge is 2.16. The van der Waals surface area contributed by atoms with Crippen molar-refractivity contribution in [2.45, 2.75) is 25.9 Å². The molecule has 1 unspecified atom stereocenters. The van der Waals surface area contributed by atoms with Crippen LogP contribution in [0.1, 0.15) is 30.8 Å². The molecule has 102 valence electrons. The first-order valence-electron chi connectivity index (χ1n) is 6.13. The van der Waals surface area contributed by atoms with E-state index in [1.807, 2.05) is 18.5 Å². The van der Waals surface area contributed by atoms with Crippen LogP contribution in [0.2, 0.25) is 5.02 Å². The van der Waals surface area contributed by atoms with Gasteiger partial charge in [0, 0.05) is 18.7 Å². The fourth-order valence-corrected chi connectivity index (χ4v) is 2.13. The van der Waals surface area contributed by atoms with Crippen molar-refractivity contribution in [1.82, 2.24) is 20.1 Å². The summed E-state index contributed by atoms with van der Waals surface area (Å²) >= 11 is 5.81. The van der Waals surface area contributed by atoms with Crippen molar-refractivity contribution >= 4 is 11.6 Å². The smallest absolute Gasteiger partial charge is 0.146 e. The Hall–Kier alpha value is -1.46. The number of halogens is 2. The quantitative estimate of drug-likeness (QED) is 0.917. The molecular formula is C13H16ClFN4. The van der Waals surface area contributed by atoms with Crippen molar-refractivity contribution in [2.75, 3.05) is 0 Å². The van der Waals surface area contributed by atoms with E-state index in [0.717, 1.165) is 12.2 Å². The molecule has 0 saturated heterocycles. The van der Waals surface area contributed by atoms with Crippen molar-refractivity contribution < 1.29 is 4.39 Å². The van der Waals surface area contributed by atoms with E-state index in [9.17, 15) is 4.39 Å². The van der Waals surface area contributed by atoms with Crippen LogP contribution < -0.4 is 5.32 Å². The lowest BCUT2D eigenvalue weighted by molar-refractivity contribution is 0.476. The van der Waals surface area contributed by atoms with E-state index in [1.165, 1.54) is 0 Å². The molecule has 1 aromatic carbocycles. The van der Waals surface area contributed by atoms with Gasteiger partial charge in [-0.3, -0.25) is 0 Å². The molecule has 0 aliphatic rings. The maximum Gasteiger partial charge on any atom is 0.146 e. The first kappa shape index (κ1) is 14.0. The Morgan fingerprint density at radius 3 is 2.89 bits per heavy atom. The van der Waals surface area contributed by atoms with Crippen molar-refractivity contribution in [3.05, 3.63) is 46.8 Å². The Labute approximate surface area is 116 Å². The standard InChI is InChI=1S/C13H16ClFN4/c1-3-11(9-5-4-6-10(14)13(9)15)16-7-12-18-17-8-19(12)2/h4-6,8,11,16H,3,7H2,1-2H3. The van der Waals surface area contributed by atoms with Crippen LogP contribution in [0.5, 0.6) is 0 Å². The molecule has 2 rings (SSSR count). The molecule has 19 heavy (non-hydrogen) atoms. The van der Waals surface area contributed by atoms with Crippen LogP contribution in [0.15, 0.2) is 24.5 Å². The van der Waals surface area contributed by atoms with Crippen LogP contribution in [-0.2, 0) is 13.6 Å². The van der Waals surface area contributed by atoms with Crippen LogP contribution in [0.3, 0.4) is 0 Å². The SMILES string of the molecule is CCC(NCc1nncn1C)c1cccc(Cl)c1F. The highest BCUT2D eigenvalue weighted by molar-refractivity contribution is 6.30. The van der Waals surface area contributed by atoms with Gasteiger partial charge in [-0.15, -0.1) is 10.2 Å². The van der Waals surface area contributed by atoms with Gasteiger partial charge in [0.2, 0.25) is 0 Å². The number of aromatic nitrogens is 3. The summed E-state index contributed by atoms with van der Waals surface area (Å²) in [5.74, 6) is 0.447. The Kier molecular flexibility index (Phi) is 4.50. The molecule has 4 nitrogen and oxygen atoms in total.